The third kappa shape index (κ3) is 2.51. The number of esters is 2. The fraction of sp³-hybridized carbons (Fsp3) is 0.600. The SMILES string of the molecule is C[C@@H]1C(=O)O[C@H]2C[C@@]34[C@@H](C[C@@H](C(C)(C)C)[C@@H]3C(=O)C(=O)Nc3ccccc3)OC(=O)[C@]4(O)[C@]21O. The van der Waals surface area contributed by atoms with Crippen LogP contribution in [0.15, 0.2) is 30.3 Å². The molecule has 2 aliphatic heterocycles. The minimum Gasteiger partial charge on any atom is -0.459 e. The second-order valence-electron chi connectivity index (χ2n) is 11.2. The molecule has 1 amide bonds. The summed E-state index contributed by atoms with van der Waals surface area (Å²) in [5.41, 5.74) is -6.52. The van der Waals surface area contributed by atoms with Crippen molar-refractivity contribution in [2.75, 3.05) is 5.32 Å². The van der Waals surface area contributed by atoms with Gasteiger partial charge in [0.15, 0.2) is 5.60 Å². The van der Waals surface area contributed by atoms with Crippen LogP contribution in [0, 0.1) is 28.6 Å². The van der Waals surface area contributed by atoms with E-state index in [1.165, 1.54) is 6.92 Å². The zero-order valence-corrected chi connectivity index (χ0v) is 19.5. The van der Waals surface area contributed by atoms with Crippen LogP contribution >= 0.6 is 0 Å². The number of ketones is 1. The maximum Gasteiger partial charge on any atom is 0.342 e. The maximum atomic E-state index is 13.8. The van der Waals surface area contributed by atoms with Gasteiger partial charge in [0.25, 0.3) is 5.91 Å². The van der Waals surface area contributed by atoms with Gasteiger partial charge in [-0.15, -0.1) is 0 Å². The number of para-hydroxylation sites is 1. The summed E-state index contributed by atoms with van der Waals surface area (Å²) in [5.74, 6) is -6.29. The van der Waals surface area contributed by atoms with Crippen LogP contribution in [-0.4, -0.2) is 57.3 Å². The molecule has 182 valence electrons. The average molecular weight is 472 g/mol. The number of carbonyl (C=O) groups excluding carboxylic acids is 4. The number of ether oxygens (including phenoxy) is 2. The topological polar surface area (TPSA) is 139 Å². The number of amides is 1. The molecule has 5 rings (SSSR count). The summed E-state index contributed by atoms with van der Waals surface area (Å²) < 4.78 is 11.0. The molecular weight excluding hydrogens is 442 g/mol. The Hall–Kier alpha value is -2.78. The lowest BCUT2D eigenvalue weighted by atomic mass is 9.58. The van der Waals surface area contributed by atoms with E-state index >= 15 is 0 Å². The first kappa shape index (κ1) is 23.0. The Kier molecular flexibility index (Phi) is 4.65. The van der Waals surface area contributed by atoms with E-state index in [-0.39, 0.29) is 12.8 Å². The maximum absolute atomic E-state index is 13.8. The van der Waals surface area contributed by atoms with Crippen LogP contribution in [0.5, 0.6) is 0 Å². The van der Waals surface area contributed by atoms with Crippen LogP contribution in [0.3, 0.4) is 0 Å². The van der Waals surface area contributed by atoms with E-state index in [1.807, 2.05) is 20.8 Å². The Bertz CT molecular complexity index is 1100. The molecule has 1 aromatic rings. The summed E-state index contributed by atoms with van der Waals surface area (Å²) in [6.07, 6.45) is -2.03. The molecule has 9 heteroatoms. The van der Waals surface area contributed by atoms with Gasteiger partial charge in [-0.1, -0.05) is 39.0 Å². The lowest BCUT2D eigenvalue weighted by molar-refractivity contribution is -0.203. The van der Waals surface area contributed by atoms with Crippen LogP contribution < -0.4 is 5.32 Å². The van der Waals surface area contributed by atoms with E-state index in [4.69, 9.17) is 9.47 Å². The molecule has 1 aromatic carbocycles. The fourth-order valence-corrected chi connectivity index (χ4v) is 7.06. The molecule has 2 aliphatic carbocycles. The molecule has 1 spiro atoms. The molecule has 3 N–H and O–H groups in total. The molecule has 9 nitrogen and oxygen atoms in total. The first-order valence-corrected chi connectivity index (χ1v) is 11.6. The molecule has 0 unspecified atom stereocenters. The van der Waals surface area contributed by atoms with Crippen LogP contribution in [0.4, 0.5) is 5.69 Å². The number of anilines is 1. The van der Waals surface area contributed by atoms with E-state index < -0.39 is 75.6 Å². The molecule has 0 bridgehead atoms. The van der Waals surface area contributed by atoms with Crippen LogP contribution in [0.25, 0.3) is 0 Å². The number of benzene rings is 1. The molecule has 8 atom stereocenters. The normalized spacial score (nSPS) is 42.5. The van der Waals surface area contributed by atoms with Crippen molar-refractivity contribution in [3.63, 3.8) is 0 Å². The predicted octanol–water partition coefficient (Wildman–Crippen LogP) is 1.22. The van der Waals surface area contributed by atoms with Gasteiger partial charge in [0.05, 0.1) is 11.3 Å². The molecule has 0 aromatic heterocycles. The monoisotopic (exact) mass is 471 g/mol. The molecule has 4 fully saturated rings. The van der Waals surface area contributed by atoms with Gasteiger partial charge < -0.3 is 25.0 Å². The molecule has 4 aliphatic rings. The van der Waals surface area contributed by atoms with Gasteiger partial charge in [0.1, 0.15) is 12.2 Å². The summed E-state index contributed by atoms with van der Waals surface area (Å²) in [4.78, 5) is 52.4. The lowest BCUT2D eigenvalue weighted by Gasteiger charge is -2.44. The number of fused-ring (bicyclic) bond motifs is 2. The van der Waals surface area contributed by atoms with Crippen LogP contribution in [-0.2, 0) is 28.7 Å². The summed E-state index contributed by atoms with van der Waals surface area (Å²) in [5, 5.41) is 26.3. The van der Waals surface area contributed by atoms with Crippen molar-refractivity contribution in [2.24, 2.45) is 28.6 Å². The third-order valence-electron chi connectivity index (χ3n) is 8.73. The summed E-state index contributed by atoms with van der Waals surface area (Å²) >= 11 is 0. The second-order valence-corrected chi connectivity index (χ2v) is 11.2. The van der Waals surface area contributed by atoms with E-state index in [0.717, 1.165) is 0 Å². The van der Waals surface area contributed by atoms with E-state index in [9.17, 15) is 29.4 Å². The van der Waals surface area contributed by atoms with Gasteiger partial charge >= 0.3 is 11.9 Å². The molecular formula is C25H29NO8. The first-order valence-electron chi connectivity index (χ1n) is 11.6. The average Bonchev–Trinajstić information content (AvgIpc) is 3.35. The largest absolute Gasteiger partial charge is 0.459 e. The highest BCUT2D eigenvalue weighted by molar-refractivity contribution is 6.41. The number of nitrogens with one attached hydrogen (secondary N) is 1. The van der Waals surface area contributed by atoms with Gasteiger partial charge in [-0.3, -0.25) is 14.4 Å². The Morgan fingerprint density at radius 3 is 2.32 bits per heavy atom. The quantitative estimate of drug-likeness (QED) is 0.442. The fourth-order valence-electron chi connectivity index (χ4n) is 7.06. The highest BCUT2D eigenvalue weighted by Gasteiger charge is 2.90. The van der Waals surface area contributed by atoms with Crippen molar-refractivity contribution in [3.05, 3.63) is 30.3 Å². The van der Waals surface area contributed by atoms with Gasteiger partial charge in [0, 0.05) is 18.0 Å². The van der Waals surface area contributed by atoms with E-state index in [0.29, 0.717) is 5.69 Å². The van der Waals surface area contributed by atoms with Gasteiger partial charge in [-0.2, -0.15) is 0 Å². The van der Waals surface area contributed by atoms with Crippen LogP contribution in [0.2, 0.25) is 0 Å². The molecule has 34 heavy (non-hydrogen) atoms. The molecule has 2 heterocycles. The summed E-state index contributed by atoms with van der Waals surface area (Å²) in [6, 6.07) is 8.49. The zero-order chi connectivity index (χ0) is 24.8. The second kappa shape index (κ2) is 6.88. The number of hydrogen-bond donors (Lipinski definition) is 3. The van der Waals surface area contributed by atoms with Crippen molar-refractivity contribution in [1.29, 1.82) is 0 Å². The Morgan fingerprint density at radius 2 is 1.71 bits per heavy atom. The smallest absolute Gasteiger partial charge is 0.342 e. The van der Waals surface area contributed by atoms with Crippen molar-refractivity contribution in [2.45, 2.75) is 63.9 Å². The van der Waals surface area contributed by atoms with Crippen LogP contribution in [0.1, 0.15) is 40.5 Å². The van der Waals surface area contributed by atoms with Crippen molar-refractivity contribution in [1.82, 2.24) is 0 Å². The standard InChI is InChI=1S/C25H29NO8/c1-12-20(29)33-16-11-23-15(34-21(30)25(23,32)24(12,16)31)10-14(22(2,3)4)17(23)18(27)19(28)26-13-8-6-5-7-9-13/h5-9,12,14-17,31-32H,10-11H2,1-4H3,(H,26,28)/t12-,14-,15-,16+,17-,23-,24-,25-/m1/s1. The predicted molar refractivity (Wildman–Crippen MR) is 117 cm³/mol. The first-order chi connectivity index (χ1) is 15.8. The number of Topliss-reactive ketones (excluding diaryl/α,β-unsaturated/α-hetero) is 1. The van der Waals surface area contributed by atoms with Gasteiger partial charge in [-0.05, 0) is 36.8 Å². The third-order valence-corrected chi connectivity index (χ3v) is 8.73. The number of carbonyl (C=O) groups is 4. The molecule has 0 radical (unpaired) electrons. The van der Waals surface area contributed by atoms with Crippen molar-refractivity contribution >= 4 is 29.3 Å². The van der Waals surface area contributed by atoms with E-state index in [2.05, 4.69) is 5.32 Å². The van der Waals surface area contributed by atoms with Gasteiger partial charge in [0.2, 0.25) is 11.4 Å². The number of aliphatic hydroxyl groups is 2. The van der Waals surface area contributed by atoms with Crippen molar-refractivity contribution < 1.29 is 38.9 Å². The Labute approximate surface area is 196 Å². The summed E-state index contributed by atoms with van der Waals surface area (Å²) in [7, 11) is 0. The lowest BCUT2D eigenvalue weighted by Crippen LogP contribution is -2.67. The highest BCUT2D eigenvalue weighted by atomic mass is 16.6. The summed E-state index contributed by atoms with van der Waals surface area (Å²) in [6.45, 7) is 7.13. The number of rotatable bonds is 3. The van der Waals surface area contributed by atoms with E-state index in [1.54, 1.807) is 30.3 Å². The van der Waals surface area contributed by atoms with Gasteiger partial charge in [-0.25, -0.2) is 4.79 Å². The number of hydrogen-bond acceptors (Lipinski definition) is 8. The zero-order valence-electron chi connectivity index (χ0n) is 19.5. The Morgan fingerprint density at radius 1 is 1.06 bits per heavy atom. The molecule has 2 saturated carbocycles. The Balaban J connectivity index is 1.63. The highest BCUT2D eigenvalue weighted by Crippen LogP contribution is 2.73. The minimum atomic E-state index is -2.58. The molecule has 2 saturated heterocycles. The van der Waals surface area contributed by atoms with Crippen molar-refractivity contribution in [3.8, 4) is 0 Å². The minimum absolute atomic E-state index is 0.159.